The van der Waals surface area contributed by atoms with Crippen molar-refractivity contribution in [1.82, 2.24) is 20.2 Å². The van der Waals surface area contributed by atoms with Gasteiger partial charge in [0.1, 0.15) is 12.1 Å². The third-order valence-electron chi connectivity index (χ3n) is 3.21. The summed E-state index contributed by atoms with van der Waals surface area (Å²) in [5.74, 6) is -0.426. The largest absolute Gasteiger partial charge is 0.507 e. The zero-order chi connectivity index (χ0) is 18.4. The monoisotopic (exact) mass is 415 g/mol. The first kappa shape index (κ1) is 17.6. The number of phenolic OH excluding ortho intramolecular Hbond substituents is 1. The molecule has 2 aromatic carbocycles. The Morgan fingerprint density at radius 2 is 2.12 bits per heavy atom. The van der Waals surface area contributed by atoms with Crippen LogP contribution < -0.4 is 10.2 Å². The van der Waals surface area contributed by atoms with Crippen molar-refractivity contribution in [3.8, 4) is 17.4 Å². The highest BCUT2D eigenvalue weighted by atomic mass is 79.9. The molecule has 3 rings (SSSR count). The number of para-hydroxylation sites is 1. The van der Waals surface area contributed by atoms with Crippen molar-refractivity contribution in [2.75, 3.05) is 6.61 Å². The maximum atomic E-state index is 11.8. The van der Waals surface area contributed by atoms with E-state index in [2.05, 4.69) is 36.5 Å². The molecule has 2 N–H and O–H groups in total. The number of ether oxygens (including phenoxy) is 1. The summed E-state index contributed by atoms with van der Waals surface area (Å²) in [5, 5.41) is 17.6. The average Bonchev–Trinajstić information content (AvgIpc) is 3.13. The van der Waals surface area contributed by atoms with E-state index in [4.69, 9.17) is 4.74 Å². The molecule has 0 aliphatic rings. The quantitative estimate of drug-likeness (QED) is 0.474. The Morgan fingerprint density at radius 3 is 2.92 bits per heavy atom. The first-order valence-electron chi connectivity index (χ1n) is 7.52. The van der Waals surface area contributed by atoms with Gasteiger partial charge in [0, 0.05) is 10.0 Å². The number of nitrogens with one attached hydrogen (secondary N) is 1. The molecule has 0 fully saturated rings. The van der Waals surface area contributed by atoms with Gasteiger partial charge in [-0.25, -0.2) is 10.1 Å². The summed E-state index contributed by atoms with van der Waals surface area (Å²) in [6, 6.07) is 14.4. The Kier molecular flexibility index (Phi) is 5.59. The van der Waals surface area contributed by atoms with Gasteiger partial charge in [0.25, 0.3) is 5.91 Å². The second kappa shape index (κ2) is 8.26. The molecular formula is C17H14BrN5O3. The van der Waals surface area contributed by atoms with Gasteiger partial charge in [-0.1, -0.05) is 34.1 Å². The molecule has 1 amide bonds. The minimum Gasteiger partial charge on any atom is -0.507 e. The van der Waals surface area contributed by atoms with Crippen LogP contribution in [0.15, 0.2) is 64.4 Å². The number of rotatable bonds is 6. The lowest BCUT2D eigenvalue weighted by Crippen LogP contribution is -2.24. The third-order valence-corrected chi connectivity index (χ3v) is 3.70. The molecule has 0 saturated carbocycles. The van der Waals surface area contributed by atoms with Crippen LogP contribution in [0.5, 0.6) is 11.8 Å². The smallest absolute Gasteiger partial charge is 0.336 e. The molecule has 1 aromatic heterocycles. The topological polar surface area (TPSA) is 102 Å². The van der Waals surface area contributed by atoms with Gasteiger partial charge in [0.15, 0.2) is 6.61 Å². The first-order valence-corrected chi connectivity index (χ1v) is 8.31. The van der Waals surface area contributed by atoms with E-state index in [9.17, 15) is 9.90 Å². The van der Waals surface area contributed by atoms with Gasteiger partial charge >= 0.3 is 6.01 Å². The fourth-order valence-corrected chi connectivity index (χ4v) is 2.36. The molecule has 132 valence electrons. The second-order valence-corrected chi connectivity index (χ2v) is 6.01. The summed E-state index contributed by atoms with van der Waals surface area (Å²) in [5.41, 5.74) is 3.60. The summed E-state index contributed by atoms with van der Waals surface area (Å²) in [7, 11) is 0. The highest BCUT2D eigenvalue weighted by Gasteiger charge is 2.07. The van der Waals surface area contributed by atoms with Gasteiger partial charge in [0.05, 0.1) is 11.9 Å². The lowest BCUT2D eigenvalue weighted by Gasteiger charge is -2.02. The van der Waals surface area contributed by atoms with Crippen LogP contribution in [0.3, 0.4) is 0 Å². The average molecular weight is 416 g/mol. The van der Waals surface area contributed by atoms with E-state index in [0.717, 1.165) is 10.2 Å². The SMILES string of the molecule is O=C(COc1ncn(-c2ccccc2)n1)N/N=C/c1cc(Br)ccc1O. The van der Waals surface area contributed by atoms with Gasteiger partial charge in [-0.05, 0) is 30.3 Å². The van der Waals surface area contributed by atoms with E-state index in [0.29, 0.717) is 5.56 Å². The molecule has 0 radical (unpaired) electrons. The van der Waals surface area contributed by atoms with E-state index >= 15 is 0 Å². The van der Waals surface area contributed by atoms with E-state index in [1.165, 1.54) is 18.6 Å². The van der Waals surface area contributed by atoms with E-state index < -0.39 is 5.91 Å². The number of hydrogen-bond acceptors (Lipinski definition) is 6. The van der Waals surface area contributed by atoms with Crippen molar-refractivity contribution in [1.29, 1.82) is 0 Å². The van der Waals surface area contributed by atoms with Crippen LogP contribution in [0.4, 0.5) is 0 Å². The van der Waals surface area contributed by atoms with Gasteiger partial charge < -0.3 is 9.84 Å². The number of halogens is 1. The molecule has 0 unspecified atom stereocenters. The fourth-order valence-electron chi connectivity index (χ4n) is 1.98. The summed E-state index contributed by atoms with van der Waals surface area (Å²) >= 11 is 3.29. The van der Waals surface area contributed by atoms with Gasteiger partial charge in [-0.15, -0.1) is 5.10 Å². The Hall–Kier alpha value is -3.20. The number of amides is 1. The predicted molar refractivity (Wildman–Crippen MR) is 98.4 cm³/mol. The van der Waals surface area contributed by atoms with Gasteiger partial charge in [-0.2, -0.15) is 10.1 Å². The van der Waals surface area contributed by atoms with Crippen molar-refractivity contribution < 1.29 is 14.6 Å². The molecule has 0 bridgehead atoms. The number of hydrazone groups is 1. The van der Waals surface area contributed by atoms with Crippen LogP contribution in [-0.4, -0.2) is 38.6 Å². The van der Waals surface area contributed by atoms with E-state index in [1.54, 1.807) is 16.8 Å². The molecule has 0 atom stereocenters. The van der Waals surface area contributed by atoms with Crippen molar-refractivity contribution in [2.24, 2.45) is 5.10 Å². The number of carbonyl (C=O) groups is 1. The Labute approximate surface area is 157 Å². The number of phenols is 1. The molecule has 9 heteroatoms. The maximum Gasteiger partial charge on any atom is 0.336 e. The van der Waals surface area contributed by atoms with Crippen LogP contribution in [-0.2, 0) is 4.79 Å². The van der Waals surface area contributed by atoms with Crippen molar-refractivity contribution in [3.05, 3.63) is 64.9 Å². The van der Waals surface area contributed by atoms with Crippen LogP contribution in [0.2, 0.25) is 0 Å². The van der Waals surface area contributed by atoms with E-state index in [-0.39, 0.29) is 18.4 Å². The van der Waals surface area contributed by atoms with Crippen LogP contribution >= 0.6 is 15.9 Å². The highest BCUT2D eigenvalue weighted by Crippen LogP contribution is 2.19. The maximum absolute atomic E-state index is 11.8. The molecule has 0 saturated heterocycles. The number of aromatic hydroxyl groups is 1. The van der Waals surface area contributed by atoms with Crippen LogP contribution in [0.1, 0.15) is 5.56 Å². The van der Waals surface area contributed by atoms with E-state index in [1.807, 2.05) is 30.3 Å². The second-order valence-electron chi connectivity index (χ2n) is 5.09. The van der Waals surface area contributed by atoms with Crippen LogP contribution in [0, 0.1) is 0 Å². The molecule has 1 heterocycles. The molecule has 0 aliphatic carbocycles. The summed E-state index contributed by atoms with van der Waals surface area (Å²) in [4.78, 5) is 15.7. The number of carbonyl (C=O) groups excluding carboxylic acids is 1. The first-order chi connectivity index (χ1) is 12.6. The van der Waals surface area contributed by atoms with Crippen molar-refractivity contribution in [3.63, 3.8) is 0 Å². The lowest BCUT2D eigenvalue weighted by molar-refractivity contribution is -0.123. The lowest BCUT2D eigenvalue weighted by atomic mass is 10.2. The Balaban J connectivity index is 1.51. The fraction of sp³-hybridized carbons (Fsp3) is 0.0588. The summed E-state index contributed by atoms with van der Waals surface area (Å²) in [6.07, 6.45) is 2.83. The predicted octanol–water partition coefficient (Wildman–Crippen LogP) is 2.26. The van der Waals surface area contributed by atoms with Crippen LogP contribution in [0.25, 0.3) is 5.69 Å². The number of nitrogens with zero attached hydrogens (tertiary/aromatic N) is 4. The van der Waals surface area contributed by atoms with Crippen molar-refractivity contribution >= 4 is 28.1 Å². The molecule has 26 heavy (non-hydrogen) atoms. The minimum atomic E-state index is -0.480. The number of aromatic nitrogens is 3. The Bertz CT molecular complexity index is 927. The normalized spacial score (nSPS) is 10.8. The van der Waals surface area contributed by atoms with Gasteiger partial charge in [-0.3, -0.25) is 4.79 Å². The highest BCUT2D eigenvalue weighted by molar-refractivity contribution is 9.10. The van der Waals surface area contributed by atoms with Gasteiger partial charge in [0.2, 0.25) is 0 Å². The summed E-state index contributed by atoms with van der Waals surface area (Å²) < 4.78 is 7.56. The standard InChI is InChI=1S/C17H14BrN5O3/c18-13-6-7-15(24)12(8-13)9-20-21-16(25)10-26-17-19-11-23(22-17)14-4-2-1-3-5-14/h1-9,11,24H,10H2,(H,21,25)/b20-9+. The molecule has 3 aromatic rings. The minimum absolute atomic E-state index is 0.0538. The third kappa shape index (κ3) is 4.67. The summed E-state index contributed by atoms with van der Waals surface area (Å²) in [6.45, 7) is -0.291. The number of hydrogen-bond donors (Lipinski definition) is 2. The Morgan fingerprint density at radius 1 is 1.31 bits per heavy atom. The number of benzene rings is 2. The molecular weight excluding hydrogens is 402 g/mol. The molecule has 0 aliphatic heterocycles. The molecule has 8 nitrogen and oxygen atoms in total. The zero-order valence-electron chi connectivity index (χ0n) is 13.4. The molecule has 0 spiro atoms. The van der Waals surface area contributed by atoms with Crippen molar-refractivity contribution in [2.45, 2.75) is 0 Å². The zero-order valence-corrected chi connectivity index (χ0v) is 15.0.